The Kier molecular flexibility index (Phi) is 3.71. The van der Waals surface area contributed by atoms with Crippen LogP contribution in [-0.2, 0) is 4.74 Å². The molecule has 1 aliphatic heterocycles. The molecule has 0 aliphatic carbocycles. The molecule has 1 atom stereocenters. The molecule has 1 aliphatic rings. The molecule has 1 aromatic heterocycles. The van der Waals surface area contributed by atoms with E-state index in [1.54, 1.807) is 0 Å². The summed E-state index contributed by atoms with van der Waals surface area (Å²) >= 11 is 0. The third-order valence-electron chi connectivity index (χ3n) is 3.78. The quantitative estimate of drug-likeness (QED) is 0.917. The number of aromatic nitrogens is 2. The highest BCUT2D eigenvalue weighted by molar-refractivity contribution is 5.73. The van der Waals surface area contributed by atoms with Crippen LogP contribution in [0.1, 0.15) is 31.0 Å². The van der Waals surface area contributed by atoms with Gasteiger partial charge >= 0.3 is 0 Å². The summed E-state index contributed by atoms with van der Waals surface area (Å²) in [7, 11) is 0. The number of benzene rings is 1. The Hall–Kier alpha value is -1.52. The lowest BCUT2D eigenvalue weighted by Crippen LogP contribution is -2.22. The van der Waals surface area contributed by atoms with Crippen LogP contribution in [0.2, 0.25) is 0 Å². The lowest BCUT2D eigenvalue weighted by Gasteiger charge is -2.24. The molecule has 2 aromatic rings. The molecule has 0 saturated carbocycles. The van der Waals surface area contributed by atoms with E-state index < -0.39 is 0 Å². The normalized spacial score (nSPS) is 18.6. The predicted octanol–water partition coefficient (Wildman–Crippen LogP) is 2.45. The molecule has 0 bridgehead atoms. The topological polar surface area (TPSA) is 61.0 Å². The van der Waals surface area contributed by atoms with Gasteiger partial charge in [0.05, 0.1) is 22.9 Å². The summed E-state index contributed by atoms with van der Waals surface area (Å²) in [5.74, 6) is 0.650. The van der Waals surface area contributed by atoms with Gasteiger partial charge in [-0.05, 0) is 37.3 Å². The van der Waals surface area contributed by atoms with Crippen molar-refractivity contribution in [2.45, 2.75) is 25.3 Å². The van der Waals surface area contributed by atoms with Crippen molar-refractivity contribution >= 4 is 11.0 Å². The van der Waals surface area contributed by atoms with Crippen molar-refractivity contribution in [1.82, 2.24) is 9.97 Å². The maximum atomic E-state index is 6.27. The van der Waals surface area contributed by atoms with E-state index in [1.165, 1.54) is 0 Å². The van der Waals surface area contributed by atoms with Gasteiger partial charge in [-0.3, -0.25) is 4.98 Å². The second-order valence-electron chi connectivity index (χ2n) is 5.18. The molecule has 4 heteroatoms. The second-order valence-corrected chi connectivity index (χ2v) is 5.18. The van der Waals surface area contributed by atoms with Crippen molar-refractivity contribution in [3.63, 3.8) is 0 Å². The number of hydrogen-bond acceptors (Lipinski definition) is 4. The SMILES string of the molecule is NC(CC1CCOCC1)c1cnc2ccccc2n1. The number of hydrogen-bond donors (Lipinski definition) is 1. The van der Waals surface area contributed by atoms with Gasteiger partial charge in [0.2, 0.25) is 0 Å². The Morgan fingerprint density at radius 2 is 1.95 bits per heavy atom. The van der Waals surface area contributed by atoms with E-state index in [1.807, 2.05) is 30.5 Å². The highest BCUT2D eigenvalue weighted by atomic mass is 16.5. The average Bonchev–Trinajstić information content (AvgIpc) is 2.48. The fraction of sp³-hybridized carbons (Fsp3) is 0.467. The molecule has 1 unspecified atom stereocenters. The maximum Gasteiger partial charge on any atom is 0.0890 e. The molecule has 1 aromatic carbocycles. The highest BCUT2D eigenvalue weighted by Crippen LogP contribution is 2.25. The average molecular weight is 257 g/mol. The Bertz CT molecular complexity index is 552. The van der Waals surface area contributed by atoms with Crippen LogP contribution in [0, 0.1) is 5.92 Å². The van der Waals surface area contributed by atoms with E-state index in [0.717, 1.165) is 49.2 Å². The van der Waals surface area contributed by atoms with Crippen LogP contribution in [0.3, 0.4) is 0 Å². The molecule has 0 spiro atoms. The van der Waals surface area contributed by atoms with Crippen LogP contribution in [0.5, 0.6) is 0 Å². The molecule has 4 nitrogen and oxygen atoms in total. The van der Waals surface area contributed by atoms with Crippen LogP contribution in [0.25, 0.3) is 11.0 Å². The number of para-hydroxylation sites is 2. The first-order valence-electron chi connectivity index (χ1n) is 6.88. The third-order valence-corrected chi connectivity index (χ3v) is 3.78. The van der Waals surface area contributed by atoms with Crippen molar-refractivity contribution < 1.29 is 4.74 Å². The van der Waals surface area contributed by atoms with Gasteiger partial charge in [-0.1, -0.05) is 12.1 Å². The van der Waals surface area contributed by atoms with E-state index in [2.05, 4.69) is 9.97 Å². The first-order valence-corrected chi connectivity index (χ1v) is 6.88. The monoisotopic (exact) mass is 257 g/mol. The summed E-state index contributed by atoms with van der Waals surface area (Å²) in [5, 5.41) is 0. The minimum absolute atomic E-state index is 0.0276. The Morgan fingerprint density at radius 1 is 1.21 bits per heavy atom. The first kappa shape index (κ1) is 12.5. The number of nitrogens with zero attached hydrogens (tertiary/aromatic N) is 2. The van der Waals surface area contributed by atoms with Crippen LogP contribution in [0.15, 0.2) is 30.5 Å². The van der Waals surface area contributed by atoms with E-state index >= 15 is 0 Å². The van der Waals surface area contributed by atoms with Gasteiger partial charge in [0.15, 0.2) is 0 Å². The predicted molar refractivity (Wildman–Crippen MR) is 74.6 cm³/mol. The smallest absolute Gasteiger partial charge is 0.0890 e. The molecular formula is C15H19N3O. The highest BCUT2D eigenvalue weighted by Gasteiger charge is 2.19. The minimum atomic E-state index is -0.0276. The molecule has 0 radical (unpaired) electrons. The fourth-order valence-corrected chi connectivity index (χ4v) is 2.61. The van der Waals surface area contributed by atoms with Crippen molar-refractivity contribution in [2.75, 3.05) is 13.2 Å². The summed E-state index contributed by atoms with van der Waals surface area (Å²) in [4.78, 5) is 9.05. The number of nitrogens with two attached hydrogens (primary N) is 1. The van der Waals surface area contributed by atoms with Gasteiger partial charge in [0, 0.05) is 19.3 Å². The molecule has 19 heavy (non-hydrogen) atoms. The molecule has 100 valence electrons. The summed E-state index contributed by atoms with van der Waals surface area (Å²) in [5.41, 5.74) is 9.01. The fourth-order valence-electron chi connectivity index (χ4n) is 2.61. The van der Waals surface area contributed by atoms with Crippen molar-refractivity contribution in [1.29, 1.82) is 0 Å². The zero-order valence-corrected chi connectivity index (χ0v) is 11.0. The van der Waals surface area contributed by atoms with Gasteiger partial charge in [0.1, 0.15) is 0 Å². The summed E-state index contributed by atoms with van der Waals surface area (Å²) in [6.07, 6.45) is 4.99. The number of fused-ring (bicyclic) bond motifs is 1. The molecule has 1 saturated heterocycles. The molecule has 2 heterocycles. The van der Waals surface area contributed by atoms with Crippen LogP contribution in [0.4, 0.5) is 0 Å². The molecule has 0 amide bonds. The van der Waals surface area contributed by atoms with Gasteiger partial charge in [0.25, 0.3) is 0 Å². The summed E-state index contributed by atoms with van der Waals surface area (Å²) < 4.78 is 5.38. The third kappa shape index (κ3) is 2.91. The van der Waals surface area contributed by atoms with Crippen molar-refractivity contribution in [3.05, 3.63) is 36.2 Å². The largest absolute Gasteiger partial charge is 0.381 e. The van der Waals surface area contributed by atoms with Gasteiger partial charge in [-0.2, -0.15) is 0 Å². The minimum Gasteiger partial charge on any atom is -0.381 e. The lowest BCUT2D eigenvalue weighted by molar-refractivity contribution is 0.0617. The van der Waals surface area contributed by atoms with Crippen LogP contribution < -0.4 is 5.73 Å². The maximum absolute atomic E-state index is 6.27. The van der Waals surface area contributed by atoms with E-state index in [-0.39, 0.29) is 6.04 Å². The second kappa shape index (κ2) is 5.63. The summed E-state index contributed by atoms with van der Waals surface area (Å²) in [6, 6.07) is 7.87. The van der Waals surface area contributed by atoms with Gasteiger partial charge < -0.3 is 10.5 Å². The number of ether oxygens (including phenoxy) is 1. The molecule has 1 fully saturated rings. The zero-order chi connectivity index (χ0) is 13.1. The lowest BCUT2D eigenvalue weighted by atomic mass is 9.92. The molecule has 2 N–H and O–H groups in total. The van der Waals surface area contributed by atoms with E-state index in [9.17, 15) is 0 Å². The summed E-state index contributed by atoms with van der Waals surface area (Å²) in [6.45, 7) is 1.72. The van der Waals surface area contributed by atoms with Crippen molar-refractivity contribution in [3.8, 4) is 0 Å². The van der Waals surface area contributed by atoms with E-state index in [0.29, 0.717) is 5.92 Å². The van der Waals surface area contributed by atoms with Gasteiger partial charge in [-0.25, -0.2) is 4.98 Å². The standard InChI is InChI=1S/C15H19N3O/c16-12(9-11-5-7-19-8-6-11)15-10-17-13-3-1-2-4-14(13)18-15/h1-4,10-12H,5-9,16H2. The van der Waals surface area contributed by atoms with Gasteiger partial charge in [-0.15, -0.1) is 0 Å². The Labute approximate surface area is 113 Å². The first-order chi connectivity index (χ1) is 9.33. The zero-order valence-electron chi connectivity index (χ0n) is 11.0. The molecular weight excluding hydrogens is 238 g/mol. The molecule has 3 rings (SSSR count). The van der Waals surface area contributed by atoms with Crippen LogP contribution in [-0.4, -0.2) is 23.2 Å². The number of rotatable bonds is 3. The van der Waals surface area contributed by atoms with Crippen molar-refractivity contribution in [2.24, 2.45) is 11.7 Å². The van der Waals surface area contributed by atoms with Crippen LogP contribution >= 0.6 is 0 Å². The van der Waals surface area contributed by atoms with E-state index in [4.69, 9.17) is 10.5 Å². The Morgan fingerprint density at radius 3 is 2.74 bits per heavy atom. The Balaban J connectivity index is 1.75.